The lowest BCUT2D eigenvalue weighted by molar-refractivity contribution is 0.484. The van der Waals surface area contributed by atoms with Gasteiger partial charge in [-0.1, -0.05) is 51.5 Å². The summed E-state index contributed by atoms with van der Waals surface area (Å²) >= 11 is 0. The maximum atomic E-state index is 6.43. The molecule has 2 saturated carbocycles. The molecule has 0 saturated heterocycles. The van der Waals surface area contributed by atoms with Gasteiger partial charge in [0.25, 0.3) is 0 Å². The van der Waals surface area contributed by atoms with E-state index in [0.717, 1.165) is 24.2 Å². The van der Waals surface area contributed by atoms with E-state index in [1.165, 1.54) is 30.4 Å². The first-order valence-corrected chi connectivity index (χ1v) is 7.82. The van der Waals surface area contributed by atoms with Crippen molar-refractivity contribution in [3.8, 4) is 0 Å². The lowest BCUT2D eigenvalue weighted by Crippen LogP contribution is -2.27. The molecule has 1 aromatic rings. The Balaban J connectivity index is 1.61. The molecule has 0 radical (unpaired) electrons. The third kappa shape index (κ3) is 2.58. The van der Waals surface area contributed by atoms with Crippen molar-refractivity contribution in [3.05, 3.63) is 35.4 Å². The van der Waals surface area contributed by atoms with Gasteiger partial charge in [0.15, 0.2) is 0 Å². The summed E-state index contributed by atoms with van der Waals surface area (Å²) in [6.45, 7) is 6.79. The Morgan fingerprint density at radius 2 is 1.68 bits per heavy atom. The Bertz CT molecular complexity index is 430. The lowest BCUT2D eigenvalue weighted by atomic mass is 9.86. The fraction of sp³-hybridized carbons (Fsp3) is 0.667. The van der Waals surface area contributed by atoms with Crippen molar-refractivity contribution >= 4 is 0 Å². The molecule has 0 spiro atoms. The van der Waals surface area contributed by atoms with Crippen LogP contribution in [0.15, 0.2) is 24.3 Å². The number of fused-ring (bicyclic) bond motifs is 1. The van der Waals surface area contributed by atoms with Gasteiger partial charge in [-0.15, -0.1) is 0 Å². The number of rotatable bonds is 3. The van der Waals surface area contributed by atoms with Crippen molar-refractivity contribution in [2.75, 3.05) is 0 Å². The molecule has 104 valence electrons. The molecule has 2 aliphatic carbocycles. The van der Waals surface area contributed by atoms with Gasteiger partial charge in [-0.25, -0.2) is 0 Å². The largest absolute Gasteiger partial charge is 0.327 e. The summed E-state index contributed by atoms with van der Waals surface area (Å²) in [5.41, 5.74) is 9.49. The summed E-state index contributed by atoms with van der Waals surface area (Å²) < 4.78 is 0. The monoisotopic (exact) mass is 257 g/mol. The van der Waals surface area contributed by atoms with Crippen molar-refractivity contribution < 1.29 is 0 Å². The van der Waals surface area contributed by atoms with Crippen LogP contribution in [-0.4, -0.2) is 6.04 Å². The Kier molecular flexibility index (Phi) is 3.21. The van der Waals surface area contributed by atoms with Crippen LogP contribution < -0.4 is 5.73 Å². The number of hydrogen-bond donors (Lipinski definition) is 1. The first kappa shape index (κ1) is 13.2. The average Bonchev–Trinajstić information content (AvgIpc) is 2.83. The standard InChI is InChI=1S/C18H27N/c1-18(2,3)13-9-7-12(8-10-13)11-16(19)17-14-5-4-6-15(14)17/h7-10,14-17H,4-6,11,19H2,1-3H3. The predicted octanol–water partition coefficient (Wildman–Crippen LogP) is 3.90. The van der Waals surface area contributed by atoms with Gasteiger partial charge in [-0.05, 0) is 53.6 Å². The molecule has 0 amide bonds. The smallest absolute Gasteiger partial charge is 0.0113 e. The Labute approximate surface area is 117 Å². The second-order valence-electron chi connectivity index (χ2n) is 7.65. The summed E-state index contributed by atoms with van der Waals surface area (Å²) in [5, 5.41) is 0. The molecule has 3 atom stereocenters. The molecule has 0 aromatic heterocycles. The van der Waals surface area contributed by atoms with Gasteiger partial charge in [-0.3, -0.25) is 0 Å². The van der Waals surface area contributed by atoms with Crippen LogP contribution in [0.25, 0.3) is 0 Å². The van der Waals surface area contributed by atoms with E-state index >= 15 is 0 Å². The minimum absolute atomic E-state index is 0.244. The molecule has 2 N–H and O–H groups in total. The Morgan fingerprint density at radius 3 is 2.21 bits per heavy atom. The van der Waals surface area contributed by atoms with Crippen LogP contribution in [0.4, 0.5) is 0 Å². The fourth-order valence-electron chi connectivity index (χ4n) is 4.06. The van der Waals surface area contributed by atoms with Crippen molar-refractivity contribution in [3.63, 3.8) is 0 Å². The third-order valence-electron chi connectivity index (χ3n) is 5.26. The molecule has 0 bridgehead atoms. The van der Waals surface area contributed by atoms with Gasteiger partial charge in [-0.2, -0.15) is 0 Å². The first-order chi connectivity index (χ1) is 8.97. The maximum absolute atomic E-state index is 6.43. The van der Waals surface area contributed by atoms with E-state index in [1.54, 1.807) is 0 Å². The van der Waals surface area contributed by atoms with E-state index in [-0.39, 0.29) is 5.41 Å². The second-order valence-corrected chi connectivity index (χ2v) is 7.65. The van der Waals surface area contributed by atoms with Crippen LogP contribution in [0.3, 0.4) is 0 Å². The highest BCUT2D eigenvalue weighted by Crippen LogP contribution is 2.58. The van der Waals surface area contributed by atoms with Crippen LogP contribution >= 0.6 is 0 Å². The molecule has 3 rings (SSSR count). The topological polar surface area (TPSA) is 26.0 Å². The molecule has 0 aliphatic heterocycles. The van der Waals surface area contributed by atoms with E-state index in [4.69, 9.17) is 5.73 Å². The number of benzene rings is 1. The zero-order valence-electron chi connectivity index (χ0n) is 12.5. The van der Waals surface area contributed by atoms with Gasteiger partial charge in [0, 0.05) is 6.04 Å². The molecule has 3 unspecified atom stereocenters. The first-order valence-electron chi connectivity index (χ1n) is 7.82. The van der Waals surface area contributed by atoms with Crippen molar-refractivity contribution in [1.82, 2.24) is 0 Å². The van der Waals surface area contributed by atoms with Gasteiger partial charge >= 0.3 is 0 Å². The quantitative estimate of drug-likeness (QED) is 0.873. The zero-order valence-corrected chi connectivity index (χ0v) is 12.5. The zero-order chi connectivity index (χ0) is 13.6. The molecule has 19 heavy (non-hydrogen) atoms. The third-order valence-corrected chi connectivity index (χ3v) is 5.26. The molecule has 0 heterocycles. The summed E-state index contributed by atoms with van der Waals surface area (Å²) in [4.78, 5) is 0. The average molecular weight is 257 g/mol. The van der Waals surface area contributed by atoms with Crippen LogP contribution in [-0.2, 0) is 11.8 Å². The molecule has 2 aliphatic rings. The fourth-order valence-corrected chi connectivity index (χ4v) is 4.06. The summed E-state index contributed by atoms with van der Waals surface area (Å²) in [7, 11) is 0. The predicted molar refractivity (Wildman–Crippen MR) is 81.1 cm³/mol. The second kappa shape index (κ2) is 4.63. The molecule has 1 nitrogen and oxygen atoms in total. The molecular formula is C18H27N. The minimum atomic E-state index is 0.244. The van der Waals surface area contributed by atoms with Gasteiger partial charge in [0.2, 0.25) is 0 Å². The van der Waals surface area contributed by atoms with Crippen LogP contribution in [0.1, 0.15) is 51.2 Å². The molecular weight excluding hydrogens is 230 g/mol. The van der Waals surface area contributed by atoms with E-state index in [2.05, 4.69) is 45.0 Å². The SMILES string of the molecule is CC(C)(C)c1ccc(CC(N)C2C3CCCC32)cc1. The van der Waals surface area contributed by atoms with Crippen LogP contribution in [0, 0.1) is 17.8 Å². The molecule has 2 fully saturated rings. The van der Waals surface area contributed by atoms with E-state index in [0.29, 0.717) is 6.04 Å². The Hall–Kier alpha value is -0.820. The molecule has 1 aromatic carbocycles. The number of hydrogen-bond acceptors (Lipinski definition) is 1. The van der Waals surface area contributed by atoms with E-state index in [1.807, 2.05) is 0 Å². The highest BCUT2D eigenvalue weighted by molar-refractivity contribution is 5.28. The van der Waals surface area contributed by atoms with Crippen molar-refractivity contribution in [2.24, 2.45) is 23.5 Å². The summed E-state index contributed by atoms with van der Waals surface area (Å²) in [6.07, 6.45) is 5.37. The van der Waals surface area contributed by atoms with Crippen molar-refractivity contribution in [2.45, 2.75) is 57.9 Å². The number of nitrogens with two attached hydrogens (primary N) is 1. The Morgan fingerprint density at radius 1 is 1.11 bits per heavy atom. The van der Waals surface area contributed by atoms with E-state index < -0.39 is 0 Å². The van der Waals surface area contributed by atoms with E-state index in [9.17, 15) is 0 Å². The van der Waals surface area contributed by atoms with Crippen LogP contribution in [0.2, 0.25) is 0 Å². The normalized spacial score (nSPS) is 31.1. The lowest BCUT2D eigenvalue weighted by Gasteiger charge is -2.20. The summed E-state index contributed by atoms with van der Waals surface area (Å²) in [6, 6.07) is 9.48. The highest BCUT2D eigenvalue weighted by Gasteiger charge is 2.54. The highest BCUT2D eigenvalue weighted by atomic mass is 14.7. The van der Waals surface area contributed by atoms with Gasteiger partial charge < -0.3 is 5.73 Å². The molecule has 1 heteroatoms. The summed E-state index contributed by atoms with van der Waals surface area (Å²) in [5.74, 6) is 2.78. The van der Waals surface area contributed by atoms with Crippen LogP contribution in [0.5, 0.6) is 0 Å². The van der Waals surface area contributed by atoms with Gasteiger partial charge in [0.1, 0.15) is 0 Å². The van der Waals surface area contributed by atoms with Crippen molar-refractivity contribution in [1.29, 1.82) is 0 Å². The van der Waals surface area contributed by atoms with Gasteiger partial charge in [0.05, 0.1) is 0 Å². The maximum Gasteiger partial charge on any atom is 0.0113 e. The minimum Gasteiger partial charge on any atom is -0.327 e.